The molecule has 94 valence electrons. The summed E-state index contributed by atoms with van der Waals surface area (Å²) < 4.78 is 25.3. The number of carboxylic acids is 1. The van der Waals surface area contributed by atoms with Crippen LogP contribution in [0.2, 0.25) is 0 Å². The monoisotopic (exact) mass is 257 g/mol. The summed E-state index contributed by atoms with van der Waals surface area (Å²) in [6, 6.07) is 7.42. The number of sulfonamides is 1. The van der Waals surface area contributed by atoms with E-state index in [2.05, 4.69) is 4.72 Å². The summed E-state index contributed by atoms with van der Waals surface area (Å²) in [7, 11) is -3.52. The van der Waals surface area contributed by atoms with Crippen LogP contribution in [0.1, 0.15) is 17.5 Å². The summed E-state index contributed by atoms with van der Waals surface area (Å²) in [5.41, 5.74) is 1.87. The van der Waals surface area contributed by atoms with E-state index in [0.717, 1.165) is 11.1 Å². The second kappa shape index (κ2) is 5.79. The van der Waals surface area contributed by atoms with E-state index in [4.69, 9.17) is 5.11 Å². The fourth-order valence-electron chi connectivity index (χ4n) is 1.29. The van der Waals surface area contributed by atoms with Crippen molar-refractivity contribution in [1.82, 2.24) is 4.72 Å². The smallest absolute Gasteiger partial charge is 0.304 e. The van der Waals surface area contributed by atoms with Gasteiger partial charge in [0.15, 0.2) is 0 Å². The first kappa shape index (κ1) is 13.7. The van der Waals surface area contributed by atoms with E-state index in [1.807, 2.05) is 31.2 Å². The van der Waals surface area contributed by atoms with Gasteiger partial charge in [0.25, 0.3) is 0 Å². The summed E-state index contributed by atoms with van der Waals surface area (Å²) >= 11 is 0. The van der Waals surface area contributed by atoms with E-state index in [1.54, 1.807) is 0 Å². The van der Waals surface area contributed by atoms with Gasteiger partial charge in [-0.05, 0) is 18.1 Å². The number of hydrogen-bond acceptors (Lipinski definition) is 3. The Bertz CT molecular complexity index is 496. The molecule has 0 aromatic heterocycles. The third kappa shape index (κ3) is 4.97. The summed E-state index contributed by atoms with van der Waals surface area (Å²) in [4.78, 5) is 10.3. The molecule has 0 bridgehead atoms. The summed E-state index contributed by atoms with van der Waals surface area (Å²) in [5, 5.41) is 8.41. The Balaban J connectivity index is 2.56. The van der Waals surface area contributed by atoms with Crippen LogP contribution in [0.15, 0.2) is 24.3 Å². The number of aryl methyl sites for hydroxylation is 1. The van der Waals surface area contributed by atoms with Crippen LogP contribution in [0, 0.1) is 6.92 Å². The molecular formula is C11H15NO4S. The molecule has 1 aromatic rings. The number of benzene rings is 1. The van der Waals surface area contributed by atoms with Crippen molar-refractivity contribution in [2.75, 3.05) is 5.75 Å². The molecule has 0 unspecified atom stereocenters. The largest absolute Gasteiger partial charge is 0.481 e. The van der Waals surface area contributed by atoms with Crippen LogP contribution in [-0.2, 0) is 21.4 Å². The molecule has 0 saturated carbocycles. The Labute approximate surface area is 101 Å². The minimum Gasteiger partial charge on any atom is -0.481 e. The average molecular weight is 257 g/mol. The van der Waals surface area contributed by atoms with Gasteiger partial charge in [-0.3, -0.25) is 4.79 Å². The lowest BCUT2D eigenvalue weighted by molar-refractivity contribution is -0.136. The first-order valence-electron chi connectivity index (χ1n) is 5.14. The van der Waals surface area contributed by atoms with Gasteiger partial charge in [-0.15, -0.1) is 0 Å². The molecule has 0 spiro atoms. The van der Waals surface area contributed by atoms with Gasteiger partial charge < -0.3 is 5.11 Å². The zero-order valence-electron chi connectivity index (χ0n) is 9.51. The van der Waals surface area contributed by atoms with Crippen LogP contribution in [0.4, 0.5) is 0 Å². The van der Waals surface area contributed by atoms with Crippen LogP contribution in [0.25, 0.3) is 0 Å². The zero-order chi connectivity index (χ0) is 12.9. The SMILES string of the molecule is Cc1ccccc1CNS(=O)(=O)CCC(=O)O. The number of aliphatic carboxylic acids is 1. The second-order valence-corrected chi connectivity index (χ2v) is 5.64. The fraction of sp³-hybridized carbons (Fsp3) is 0.364. The van der Waals surface area contributed by atoms with Crippen molar-refractivity contribution in [2.45, 2.75) is 19.9 Å². The molecule has 5 nitrogen and oxygen atoms in total. The highest BCUT2D eigenvalue weighted by Crippen LogP contribution is 2.06. The number of rotatable bonds is 6. The van der Waals surface area contributed by atoms with Crippen LogP contribution in [0.3, 0.4) is 0 Å². The number of nitrogens with one attached hydrogen (secondary N) is 1. The van der Waals surface area contributed by atoms with Gasteiger partial charge in [0.2, 0.25) is 10.0 Å². The maximum atomic E-state index is 11.4. The van der Waals surface area contributed by atoms with Gasteiger partial charge >= 0.3 is 5.97 Å². The maximum absolute atomic E-state index is 11.4. The second-order valence-electron chi connectivity index (χ2n) is 3.71. The van der Waals surface area contributed by atoms with E-state index < -0.39 is 21.7 Å². The molecule has 1 rings (SSSR count). The predicted molar refractivity (Wildman–Crippen MR) is 64.1 cm³/mol. The Hall–Kier alpha value is -1.40. The third-order valence-corrected chi connectivity index (χ3v) is 3.65. The van der Waals surface area contributed by atoms with Crippen molar-refractivity contribution < 1.29 is 18.3 Å². The van der Waals surface area contributed by atoms with Crippen molar-refractivity contribution in [1.29, 1.82) is 0 Å². The lowest BCUT2D eigenvalue weighted by Gasteiger charge is -2.07. The Morgan fingerprint density at radius 2 is 2.00 bits per heavy atom. The minimum absolute atomic E-state index is 0.189. The fourth-order valence-corrected chi connectivity index (χ4v) is 2.25. The molecule has 1 aromatic carbocycles. The predicted octanol–water partition coefficient (Wildman–Crippen LogP) is 0.889. The molecule has 0 fully saturated rings. The summed E-state index contributed by atoms with van der Waals surface area (Å²) in [6.45, 7) is 2.08. The molecule has 0 heterocycles. The van der Waals surface area contributed by atoms with Crippen molar-refractivity contribution in [3.05, 3.63) is 35.4 Å². The lowest BCUT2D eigenvalue weighted by Crippen LogP contribution is -2.27. The van der Waals surface area contributed by atoms with E-state index in [9.17, 15) is 13.2 Å². The molecule has 0 radical (unpaired) electrons. The first-order valence-corrected chi connectivity index (χ1v) is 6.79. The molecule has 0 amide bonds. The number of hydrogen-bond donors (Lipinski definition) is 2. The molecule has 0 saturated heterocycles. The molecule has 0 aliphatic carbocycles. The topological polar surface area (TPSA) is 83.5 Å². The molecule has 0 aliphatic heterocycles. The number of carboxylic acid groups (broad SMARTS) is 1. The molecular weight excluding hydrogens is 242 g/mol. The maximum Gasteiger partial charge on any atom is 0.304 e. The van der Waals surface area contributed by atoms with E-state index >= 15 is 0 Å². The van der Waals surface area contributed by atoms with Crippen LogP contribution < -0.4 is 4.72 Å². The number of carbonyl (C=O) groups is 1. The molecule has 6 heteroatoms. The van der Waals surface area contributed by atoms with Gasteiger partial charge in [0.1, 0.15) is 0 Å². The van der Waals surface area contributed by atoms with Crippen molar-refractivity contribution >= 4 is 16.0 Å². The van der Waals surface area contributed by atoms with Crippen LogP contribution in [0.5, 0.6) is 0 Å². The van der Waals surface area contributed by atoms with Crippen molar-refractivity contribution in [2.24, 2.45) is 0 Å². The Morgan fingerprint density at radius 1 is 1.35 bits per heavy atom. The quantitative estimate of drug-likeness (QED) is 0.792. The molecule has 17 heavy (non-hydrogen) atoms. The van der Waals surface area contributed by atoms with Crippen LogP contribution >= 0.6 is 0 Å². The lowest BCUT2D eigenvalue weighted by atomic mass is 10.1. The normalized spacial score (nSPS) is 11.4. The first-order chi connectivity index (χ1) is 7.91. The highest BCUT2D eigenvalue weighted by molar-refractivity contribution is 7.89. The standard InChI is InChI=1S/C11H15NO4S/c1-9-4-2-3-5-10(9)8-12-17(15,16)7-6-11(13)14/h2-5,12H,6-8H2,1H3,(H,13,14). The third-order valence-electron chi connectivity index (χ3n) is 2.33. The van der Waals surface area contributed by atoms with Gasteiger partial charge in [0, 0.05) is 6.54 Å². The Morgan fingerprint density at radius 3 is 2.59 bits per heavy atom. The zero-order valence-corrected chi connectivity index (χ0v) is 10.3. The molecule has 0 atom stereocenters. The molecule has 0 aliphatic rings. The summed E-state index contributed by atoms with van der Waals surface area (Å²) in [6.07, 6.45) is -0.386. The van der Waals surface area contributed by atoms with Gasteiger partial charge in [-0.1, -0.05) is 24.3 Å². The van der Waals surface area contributed by atoms with Crippen molar-refractivity contribution in [3.8, 4) is 0 Å². The highest BCUT2D eigenvalue weighted by atomic mass is 32.2. The van der Waals surface area contributed by atoms with E-state index in [-0.39, 0.29) is 13.0 Å². The van der Waals surface area contributed by atoms with E-state index in [1.165, 1.54) is 0 Å². The Kier molecular flexibility index (Phi) is 4.65. The minimum atomic E-state index is -3.52. The van der Waals surface area contributed by atoms with Gasteiger partial charge in [0.05, 0.1) is 12.2 Å². The average Bonchev–Trinajstić information content (AvgIpc) is 2.26. The molecule has 2 N–H and O–H groups in total. The van der Waals surface area contributed by atoms with Crippen molar-refractivity contribution in [3.63, 3.8) is 0 Å². The van der Waals surface area contributed by atoms with E-state index in [0.29, 0.717) is 0 Å². The van der Waals surface area contributed by atoms with Gasteiger partial charge in [-0.2, -0.15) is 0 Å². The highest BCUT2D eigenvalue weighted by Gasteiger charge is 2.12. The van der Waals surface area contributed by atoms with Crippen LogP contribution in [-0.4, -0.2) is 25.2 Å². The summed E-state index contributed by atoms with van der Waals surface area (Å²) in [5.74, 6) is -1.51. The van der Waals surface area contributed by atoms with Gasteiger partial charge in [-0.25, -0.2) is 13.1 Å².